The topological polar surface area (TPSA) is 102 Å². The molecule has 3 amide bonds. The van der Waals surface area contributed by atoms with Gasteiger partial charge in [0.05, 0.1) is 18.6 Å². The molecule has 2 aromatic carbocycles. The van der Waals surface area contributed by atoms with Crippen LogP contribution in [0.15, 0.2) is 48.5 Å². The van der Waals surface area contributed by atoms with E-state index in [-0.39, 0.29) is 12.2 Å². The Morgan fingerprint density at radius 1 is 1.19 bits per heavy atom. The average molecular weight is 369 g/mol. The van der Waals surface area contributed by atoms with Gasteiger partial charge in [0, 0.05) is 17.7 Å². The largest absolute Gasteiger partial charge is 0.496 e. The molecule has 0 aliphatic carbocycles. The minimum absolute atomic E-state index is 0.121. The lowest BCUT2D eigenvalue weighted by molar-refractivity contribution is -0.384. The lowest BCUT2D eigenvalue weighted by Gasteiger charge is -2.25. The summed E-state index contributed by atoms with van der Waals surface area (Å²) >= 11 is 0. The highest BCUT2D eigenvalue weighted by molar-refractivity contribution is 6.07. The molecule has 1 heterocycles. The van der Waals surface area contributed by atoms with Gasteiger partial charge in [-0.3, -0.25) is 19.8 Å². The Hall–Kier alpha value is -3.42. The maximum absolute atomic E-state index is 13.2. The smallest absolute Gasteiger partial charge is 0.325 e. The summed E-state index contributed by atoms with van der Waals surface area (Å²) in [5.74, 6) is -0.0235. The van der Waals surface area contributed by atoms with Crippen molar-refractivity contribution in [3.63, 3.8) is 0 Å². The van der Waals surface area contributed by atoms with Crippen LogP contribution in [0.3, 0.4) is 0 Å². The molecule has 3 rings (SSSR count). The first-order valence-electron chi connectivity index (χ1n) is 8.44. The predicted molar refractivity (Wildman–Crippen MR) is 97.1 cm³/mol. The Kier molecular flexibility index (Phi) is 4.81. The molecule has 140 valence electrons. The molecule has 0 bridgehead atoms. The summed E-state index contributed by atoms with van der Waals surface area (Å²) in [6, 6.07) is 12.6. The molecule has 1 aliphatic rings. The molecule has 27 heavy (non-hydrogen) atoms. The number of methoxy groups -OCH3 is 1. The number of hydrogen-bond donors (Lipinski definition) is 1. The molecule has 0 radical (unpaired) electrons. The maximum Gasteiger partial charge on any atom is 0.325 e. The van der Waals surface area contributed by atoms with Crippen LogP contribution in [0.2, 0.25) is 0 Å². The zero-order valence-corrected chi connectivity index (χ0v) is 15.0. The van der Waals surface area contributed by atoms with E-state index in [9.17, 15) is 19.7 Å². The van der Waals surface area contributed by atoms with Gasteiger partial charge in [0.1, 0.15) is 11.3 Å². The molecule has 1 N–H and O–H groups in total. The number of imide groups is 1. The number of amides is 3. The minimum Gasteiger partial charge on any atom is -0.496 e. The van der Waals surface area contributed by atoms with Gasteiger partial charge in [0.25, 0.3) is 11.6 Å². The summed E-state index contributed by atoms with van der Waals surface area (Å²) in [6.45, 7) is 1.70. The predicted octanol–water partition coefficient (Wildman–Crippen LogP) is 2.96. The van der Waals surface area contributed by atoms with Gasteiger partial charge in [-0.2, -0.15) is 0 Å². The number of ether oxygens (including phenoxy) is 1. The standard InChI is InChI=1S/C19H19N3O5/c1-3-19(14-7-5-4-6-8-14)17(23)21(18(24)20-19)12-13-11-15(22(25)26)9-10-16(13)27-2/h4-11H,3,12H2,1-2H3,(H,20,24). The second-order valence-electron chi connectivity index (χ2n) is 6.20. The van der Waals surface area contributed by atoms with E-state index in [0.717, 1.165) is 4.90 Å². The van der Waals surface area contributed by atoms with Crippen molar-refractivity contribution in [3.05, 3.63) is 69.8 Å². The molecule has 1 aliphatic heterocycles. The quantitative estimate of drug-likeness (QED) is 0.479. The Balaban J connectivity index is 1.97. The number of nitrogens with zero attached hydrogens (tertiary/aromatic N) is 2. The number of urea groups is 1. The lowest BCUT2D eigenvalue weighted by atomic mass is 9.87. The van der Waals surface area contributed by atoms with Gasteiger partial charge in [-0.25, -0.2) is 4.79 Å². The molecule has 1 saturated heterocycles. The highest BCUT2D eigenvalue weighted by Gasteiger charge is 2.51. The summed E-state index contributed by atoms with van der Waals surface area (Å²) in [4.78, 5) is 37.3. The van der Waals surface area contributed by atoms with E-state index in [4.69, 9.17) is 4.74 Å². The second kappa shape index (κ2) is 7.06. The van der Waals surface area contributed by atoms with Crippen LogP contribution in [-0.2, 0) is 16.9 Å². The van der Waals surface area contributed by atoms with Crippen molar-refractivity contribution >= 4 is 17.6 Å². The van der Waals surface area contributed by atoms with Crippen LogP contribution in [0, 0.1) is 10.1 Å². The van der Waals surface area contributed by atoms with Gasteiger partial charge in [-0.05, 0) is 18.1 Å². The third-order valence-corrected chi connectivity index (χ3v) is 4.78. The third kappa shape index (κ3) is 3.10. The number of nitro benzene ring substituents is 1. The van der Waals surface area contributed by atoms with Crippen LogP contribution < -0.4 is 10.1 Å². The monoisotopic (exact) mass is 369 g/mol. The van der Waals surface area contributed by atoms with Crippen molar-refractivity contribution < 1.29 is 19.2 Å². The Morgan fingerprint density at radius 3 is 2.48 bits per heavy atom. The molecule has 1 fully saturated rings. The van der Waals surface area contributed by atoms with Crippen molar-refractivity contribution in [3.8, 4) is 5.75 Å². The normalized spacial score (nSPS) is 19.1. The van der Waals surface area contributed by atoms with Crippen LogP contribution in [0.4, 0.5) is 10.5 Å². The Morgan fingerprint density at radius 2 is 1.89 bits per heavy atom. The highest BCUT2D eigenvalue weighted by Crippen LogP contribution is 2.34. The summed E-state index contributed by atoms with van der Waals surface area (Å²) in [5, 5.41) is 13.8. The molecule has 0 saturated carbocycles. The van der Waals surface area contributed by atoms with Crippen LogP contribution in [0.5, 0.6) is 5.75 Å². The van der Waals surface area contributed by atoms with E-state index in [2.05, 4.69) is 5.32 Å². The molecule has 8 heteroatoms. The SMILES string of the molecule is CCC1(c2ccccc2)NC(=O)N(Cc2cc([N+](=O)[O-])ccc2OC)C1=O. The summed E-state index contributed by atoms with van der Waals surface area (Å²) < 4.78 is 5.23. The molecule has 2 aromatic rings. The number of nitro groups is 1. The van der Waals surface area contributed by atoms with E-state index in [1.165, 1.54) is 25.3 Å². The van der Waals surface area contributed by atoms with E-state index in [1.54, 1.807) is 24.3 Å². The zero-order chi connectivity index (χ0) is 19.6. The van der Waals surface area contributed by atoms with Crippen molar-refractivity contribution in [2.75, 3.05) is 7.11 Å². The molecule has 8 nitrogen and oxygen atoms in total. The number of benzene rings is 2. The summed E-state index contributed by atoms with van der Waals surface area (Å²) in [7, 11) is 1.43. The Bertz CT molecular complexity index is 899. The first-order valence-corrected chi connectivity index (χ1v) is 8.44. The van der Waals surface area contributed by atoms with Gasteiger partial charge in [-0.1, -0.05) is 37.3 Å². The fourth-order valence-corrected chi connectivity index (χ4v) is 3.30. The zero-order valence-electron chi connectivity index (χ0n) is 15.0. The third-order valence-electron chi connectivity index (χ3n) is 4.78. The van der Waals surface area contributed by atoms with Gasteiger partial charge < -0.3 is 10.1 Å². The van der Waals surface area contributed by atoms with Crippen LogP contribution >= 0.6 is 0 Å². The van der Waals surface area contributed by atoms with Gasteiger partial charge in [0.15, 0.2) is 0 Å². The Labute approximate surface area is 155 Å². The fourth-order valence-electron chi connectivity index (χ4n) is 3.30. The van der Waals surface area contributed by atoms with Crippen molar-refractivity contribution in [1.29, 1.82) is 0 Å². The van der Waals surface area contributed by atoms with E-state index >= 15 is 0 Å². The first-order chi connectivity index (χ1) is 12.9. The molecule has 1 atom stereocenters. The van der Waals surface area contributed by atoms with Crippen LogP contribution in [0.25, 0.3) is 0 Å². The number of hydrogen-bond acceptors (Lipinski definition) is 5. The first kappa shape index (κ1) is 18.4. The lowest BCUT2D eigenvalue weighted by Crippen LogP contribution is -2.43. The van der Waals surface area contributed by atoms with Gasteiger partial charge in [0.2, 0.25) is 0 Å². The molecular formula is C19H19N3O5. The van der Waals surface area contributed by atoms with Crippen LogP contribution in [0.1, 0.15) is 24.5 Å². The average Bonchev–Trinajstić information content (AvgIpc) is 2.93. The van der Waals surface area contributed by atoms with E-state index in [1.807, 2.05) is 13.0 Å². The van der Waals surface area contributed by atoms with Crippen LogP contribution in [-0.4, -0.2) is 28.9 Å². The summed E-state index contributed by atoms with van der Waals surface area (Å²) in [5.41, 5.74) is -0.205. The van der Waals surface area contributed by atoms with Gasteiger partial charge in [-0.15, -0.1) is 0 Å². The number of nitrogens with one attached hydrogen (secondary N) is 1. The number of non-ortho nitro benzene ring substituents is 1. The number of carbonyl (C=O) groups is 2. The fraction of sp³-hybridized carbons (Fsp3) is 0.263. The minimum atomic E-state index is -1.15. The van der Waals surface area contributed by atoms with Crippen molar-refractivity contribution in [2.45, 2.75) is 25.4 Å². The van der Waals surface area contributed by atoms with Crippen molar-refractivity contribution in [1.82, 2.24) is 10.2 Å². The number of carbonyl (C=O) groups excluding carboxylic acids is 2. The second-order valence-corrected chi connectivity index (χ2v) is 6.20. The molecular weight excluding hydrogens is 350 g/mol. The highest BCUT2D eigenvalue weighted by atomic mass is 16.6. The molecule has 1 unspecified atom stereocenters. The summed E-state index contributed by atoms with van der Waals surface area (Å²) in [6.07, 6.45) is 0.379. The van der Waals surface area contributed by atoms with Crippen molar-refractivity contribution in [2.24, 2.45) is 0 Å². The molecule has 0 spiro atoms. The van der Waals surface area contributed by atoms with E-state index < -0.39 is 22.4 Å². The van der Waals surface area contributed by atoms with Gasteiger partial charge >= 0.3 is 6.03 Å². The maximum atomic E-state index is 13.2. The molecule has 0 aromatic heterocycles. The number of rotatable bonds is 6. The van der Waals surface area contributed by atoms with E-state index in [0.29, 0.717) is 23.3 Å².